The lowest BCUT2D eigenvalue weighted by Crippen LogP contribution is -2.22. The van der Waals surface area contributed by atoms with Crippen LogP contribution in [-0.4, -0.2) is 27.2 Å². The molecule has 5 nitrogen and oxygen atoms in total. The molecular formula is C17H21NO4S. The number of aryl methyl sites for hydroxylation is 2. The zero-order valence-corrected chi connectivity index (χ0v) is 14.8. The first-order valence-electron chi connectivity index (χ1n) is 7.14. The zero-order chi connectivity index (χ0) is 17.0. The van der Waals surface area contributed by atoms with Crippen molar-refractivity contribution in [2.45, 2.75) is 20.4 Å². The van der Waals surface area contributed by atoms with Crippen LogP contribution in [0.2, 0.25) is 0 Å². The summed E-state index contributed by atoms with van der Waals surface area (Å²) in [5, 5.41) is 2.91. The predicted octanol–water partition coefficient (Wildman–Crippen LogP) is 3.32. The zero-order valence-electron chi connectivity index (χ0n) is 14.0. The molecule has 0 fully saturated rings. The van der Waals surface area contributed by atoms with Gasteiger partial charge in [0.15, 0.2) is 11.5 Å². The molecule has 0 saturated carbocycles. The first-order chi connectivity index (χ1) is 11.0. The molecule has 0 aliphatic rings. The first-order valence-corrected chi connectivity index (χ1v) is 7.96. The molecule has 0 radical (unpaired) electrons. The second-order valence-electron chi connectivity index (χ2n) is 5.03. The molecule has 0 aliphatic heterocycles. The quantitative estimate of drug-likeness (QED) is 0.880. The first kappa shape index (κ1) is 17.1. The normalized spacial score (nSPS) is 10.3. The van der Waals surface area contributed by atoms with Crippen molar-refractivity contribution in [1.82, 2.24) is 5.32 Å². The van der Waals surface area contributed by atoms with Gasteiger partial charge in [-0.1, -0.05) is 0 Å². The van der Waals surface area contributed by atoms with Gasteiger partial charge in [-0.2, -0.15) is 0 Å². The molecule has 2 rings (SSSR count). The Balaban J connectivity index is 2.18. The molecule has 1 heterocycles. The molecule has 0 spiro atoms. The number of thiophene rings is 1. The van der Waals surface area contributed by atoms with E-state index in [-0.39, 0.29) is 5.91 Å². The Morgan fingerprint density at radius 1 is 1.09 bits per heavy atom. The van der Waals surface area contributed by atoms with Crippen LogP contribution in [-0.2, 0) is 6.54 Å². The van der Waals surface area contributed by atoms with Gasteiger partial charge in [0.2, 0.25) is 5.75 Å². The molecule has 1 aromatic heterocycles. The van der Waals surface area contributed by atoms with E-state index in [9.17, 15) is 4.79 Å². The number of hydrogen-bond acceptors (Lipinski definition) is 5. The number of hydrogen-bond donors (Lipinski definition) is 1. The molecule has 6 heteroatoms. The van der Waals surface area contributed by atoms with Crippen molar-refractivity contribution in [3.63, 3.8) is 0 Å². The van der Waals surface area contributed by atoms with Gasteiger partial charge in [-0.05, 0) is 37.6 Å². The molecule has 0 bridgehead atoms. The summed E-state index contributed by atoms with van der Waals surface area (Å²) in [5.41, 5.74) is 1.95. The van der Waals surface area contributed by atoms with Gasteiger partial charge in [0.25, 0.3) is 5.91 Å². The topological polar surface area (TPSA) is 56.8 Å². The number of carbonyl (C=O) groups is 1. The summed E-state index contributed by atoms with van der Waals surface area (Å²) in [4.78, 5) is 14.1. The van der Waals surface area contributed by atoms with Crippen molar-refractivity contribution in [2.75, 3.05) is 21.3 Å². The highest BCUT2D eigenvalue weighted by Gasteiger charge is 2.17. The number of benzene rings is 1. The van der Waals surface area contributed by atoms with Crippen LogP contribution in [0.25, 0.3) is 0 Å². The van der Waals surface area contributed by atoms with Crippen molar-refractivity contribution in [1.29, 1.82) is 0 Å². The molecule has 0 unspecified atom stereocenters. The van der Waals surface area contributed by atoms with Crippen LogP contribution in [0.15, 0.2) is 18.2 Å². The second-order valence-corrected chi connectivity index (χ2v) is 6.28. The maximum Gasteiger partial charge on any atom is 0.261 e. The van der Waals surface area contributed by atoms with Crippen LogP contribution in [0.4, 0.5) is 0 Å². The Morgan fingerprint density at radius 3 is 2.30 bits per heavy atom. The van der Waals surface area contributed by atoms with Gasteiger partial charge < -0.3 is 19.5 Å². The third-order valence-electron chi connectivity index (χ3n) is 3.61. The summed E-state index contributed by atoms with van der Waals surface area (Å²) in [6.07, 6.45) is 0. The second kappa shape index (κ2) is 7.37. The van der Waals surface area contributed by atoms with Crippen LogP contribution < -0.4 is 19.5 Å². The van der Waals surface area contributed by atoms with E-state index in [2.05, 4.69) is 5.32 Å². The number of methoxy groups -OCH3 is 3. The fourth-order valence-corrected chi connectivity index (χ4v) is 3.20. The predicted molar refractivity (Wildman–Crippen MR) is 91.1 cm³/mol. The Hall–Kier alpha value is -2.21. The summed E-state index contributed by atoms with van der Waals surface area (Å²) in [5.74, 6) is 1.57. The van der Waals surface area contributed by atoms with Gasteiger partial charge in [-0.3, -0.25) is 4.79 Å². The highest BCUT2D eigenvalue weighted by Crippen LogP contribution is 2.39. The van der Waals surface area contributed by atoms with Crippen LogP contribution in [0.5, 0.6) is 17.2 Å². The van der Waals surface area contributed by atoms with Gasteiger partial charge in [-0.15, -0.1) is 11.3 Å². The van der Waals surface area contributed by atoms with Crippen molar-refractivity contribution in [3.05, 3.63) is 39.1 Å². The smallest absolute Gasteiger partial charge is 0.261 e. The van der Waals surface area contributed by atoms with Gasteiger partial charge in [0.05, 0.1) is 26.2 Å². The summed E-state index contributed by atoms with van der Waals surface area (Å²) in [7, 11) is 4.69. The van der Waals surface area contributed by atoms with Crippen LogP contribution in [0, 0.1) is 13.8 Å². The van der Waals surface area contributed by atoms with E-state index < -0.39 is 0 Å². The van der Waals surface area contributed by atoms with Crippen molar-refractivity contribution >= 4 is 17.2 Å². The Morgan fingerprint density at radius 2 is 1.78 bits per heavy atom. The Kier molecular flexibility index (Phi) is 5.50. The van der Waals surface area contributed by atoms with Crippen molar-refractivity contribution in [2.24, 2.45) is 0 Å². The molecular weight excluding hydrogens is 314 g/mol. The van der Waals surface area contributed by atoms with Crippen molar-refractivity contribution in [3.8, 4) is 17.2 Å². The lowest BCUT2D eigenvalue weighted by atomic mass is 10.1. The average molecular weight is 335 g/mol. The SMILES string of the molecule is COc1ccc(CNC(=O)c2cc(C)c(C)s2)c(OC)c1OC. The lowest BCUT2D eigenvalue weighted by Gasteiger charge is -2.16. The van der Waals surface area contributed by atoms with Crippen molar-refractivity contribution < 1.29 is 19.0 Å². The minimum absolute atomic E-state index is 0.0944. The molecule has 2 aromatic rings. The maximum atomic E-state index is 12.3. The van der Waals surface area contributed by atoms with E-state index in [0.29, 0.717) is 28.7 Å². The lowest BCUT2D eigenvalue weighted by molar-refractivity contribution is 0.0954. The number of nitrogens with one attached hydrogen (secondary N) is 1. The number of amides is 1. The Bertz CT molecular complexity index is 689. The van der Waals surface area contributed by atoms with E-state index >= 15 is 0 Å². The molecule has 1 aromatic carbocycles. The highest BCUT2D eigenvalue weighted by molar-refractivity contribution is 7.14. The van der Waals surface area contributed by atoms with E-state index in [1.54, 1.807) is 27.4 Å². The van der Waals surface area contributed by atoms with Gasteiger partial charge in [0, 0.05) is 17.0 Å². The number of carbonyl (C=O) groups excluding carboxylic acids is 1. The maximum absolute atomic E-state index is 12.3. The molecule has 0 saturated heterocycles. The minimum atomic E-state index is -0.0944. The van der Waals surface area contributed by atoms with E-state index in [1.165, 1.54) is 11.3 Å². The number of rotatable bonds is 6. The standard InChI is InChI=1S/C17H21NO4S/c1-10-8-14(23-11(10)2)17(19)18-9-12-6-7-13(20-3)16(22-5)15(12)21-4/h6-8H,9H2,1-5H3,(H,18,19). The highest BCUT2D eigenvalue weighted by atomic mass is 32.1. The summed E-state index contributed by atoms with van der Waals surface area (Å²) >= 11 is 1.49. The van der Waals surface area contributed by atoms with Gasteiger partial charge in [0.1, 0.15) is 0 Å². The monoisotopic (exact) mass is 335 g/mol. The van der Waals surface area contributed by atoms with Crippen LogP contribution in [0.1, 0.15) is 25.7 Å². The van der Waals surface area contributed by atoms with Gasteiger partial charge >= 0.3 is 0 Å². The third kappa shape index (κ3) is 3.59. The summed E-state index contributed by atoms with van der Waals surface area (Å²) < 4.78 is 16.0. The van der Waals surface area contributed by atoms with Crippen LogP contribution in [0.3, 0.4) is 0 Å². The minimum Gasteiger partial charge on any atom is -0.493 e. The molecule has 124 valence electrons. The molecule has 1 amide bonds. The van der Waals surface area contributed by atoms with E-state index in [1.807, 2.05) is 26.0 Å². The van der Waals surface area contributed by atoms with Gasteiger partial charge in [-0.25, -0.2) is 0 Å². The Labute approximate surface area is 140 Å². The van der Waals surface area contributed by atoms with E-state index in [0.717, 1.165) is 16.0 Å². The molecule has 23 heavy (non-hydrogen) atoms. The van der Waals surface area contributed by atoms with E-state index in [4.69, 9.17) is 14.2 Å². The average Bonchev–Trinajstić information content (AvgIpc) is 2.90. The molecule has 0 aliphatic carbocycles. The molecule has 1 N–H and O–H groups in total. The number of ether oxygens (including phenoxy) is 3. The van der Waals surface area contributed by atoms with Crippen LogP contribution >= 0.6 is 11.3 Å². The fourth-order valence-electron chi connectivity index (χ4n) is 2.25. The fraction of sp³-hybridized carbons (Fsp3) is 0.353. The summed E-state index contributed by atoms with van der Waals surface area (Å²) in [6, 6.07) is 5.55. The third-order valence-corrected chi connectivity index (χ3v) is 4.77. The summed E-state index contributed by atoms with van der Waals surface area (Å²) in [6.45, 7) is 4.35. The molecule has 0 atom stereocenters. The largest absolute Gasteiger partial charge is 0.493 e.